The summed E-state index contributed by atoms with van der Waals surface area (Å²) in [5, 5.41) is 2.55. The lowest BCUT2D eigenvalue weighted by atomic mass is 10.0. The SMILES string of the molecule is CC(C)C(=O)Nc1nccc(-c2ccc(F)c(C(N)=O)c2N)n1. The van der Waals surface area contributed by atoms with Crippen molar-refractivity contribution in [3.8, 4) is 11.3 Å². The number of primary amides is 1. The first-order chi connectivity index (χ1) is 10.8. The van der Waals surface area contributed by atoms with E-state index in [-0.39, 0.29) is 23.5 Å². The number of nitrogens with zero attached hydrogens (tertiary/aromatic N) is 2. The largest absolute Gasteiger partial charge is 0.397 e. The van der Waals surface area contributed by atoms with E-state index in [2.05, 4.69) is 15.3 Å². The Hall–Kier alpha value is -3.03. The molecule has 5 N–H and O–H groups in total. The molecule has 0 bridgehead atoms. The summed E-state index contributed by atoms with van der Waals surface area (Å²) >= 11 is 0. The van der Waals surface area contributed by atoms with Crippen molar-refractivity contribution in [2.45, 2.75) is 13.8 Å². The number of aromatic nitrogens is 2. The molecule has 23 heavy (non-hydrogen) atoms. The molecule has 7 nitrogen and oxygen atoms in total. The third-order valence-corrected chi connectivity index (χ3v) is 3.13. The van der Waals surface area contributed by atoms with Crippen molar-refractivity contribution in [3.63, 3.8) is 0 Å². The Kier molecular flexibility index (Phi) is 4.54. The number of carbonyl (C=O) groups is 2. The second-order valence-electron chi connectivity index (χ2n) is 5.16. The first kappa shape index (κ1) is 16.3. The first-order valence-corrected chi connectivity index (χ1v) is 6.83. The van der Waals surface area contributed by atoms with Gasteiger partial charge in [0.25, 0.3) is 5.91 Å². The normalized spacial score (nSPS) is 10.6. The number of carbonyl (C=O) groups excluding carboxylic acids is 2. The number of hydrogen-bond donors (Lipinski definition) is 3. The highest BCUT2D eigenvalue weighted by Gasteiger charge is 2.18. The van der Waals surface area contributed by atoms with Crippen LogP contribution in [0.15, 0.2) is 24.4 Å². The van der Waals surface area contributed by atoms with Crippen molar-refractivity contribution in [1.82, 2.24) is 9.97 Å². The molecule has 0 spiro atoms. The van der Waals surface area contributed by atoms with Gasteiger partial charge in [-0.15, -0.1) is 0 Å². The zero-order valence-electron chi connectivity index (χ0n) is 12.6. The van der Waals surface area contributed by atoms with Gasteiger partial charge in [0.05, 0.1) is 16.9 Å². The van der Waals surface area contributed by atoms with Crippen molar-refractivity contribution in [3.05, 3.63) is 35.8 Å². The van der Waals surface area contributed by atoms with Crippen molar-refractivity contribution in [1.29, 1.82) is 0 Å². The van der Waals surface area contributed by atoms with Gasteiger partial charge in [-0.3, -0.25) is 14.9 Å². The standard InChI is InChI=1S/C15H16FN5O2/c1-7(2)14(23)21-15-19-6-5-10(20-15)8-3-4-9(16)11(12(8)17)13(18)22/h3-7H,17H2,1-2H3,(H2,18,22)(H,19,20,21,23). The fourth-order valence-electron chi connectivity index (χ4n) is 1.89. The molecule has 0 atom stereocenters. The van der Waals surface area contributed by atoms with E-state index in [4.69, 9.17) is 11.5 Å². The maximum absolute atomic E-state index is 13.7. The van der Waals surface area contributed by atoms with Crippen molar-refractivity contribution in [2.75, 3.05) is 11.1 Å². The predicted octanol–water partition coefficient (Wildman–Crippen LogP) is 1.56. The van der Waals surface area contributed by atoms with Gasteiger partial charge in [0.15, 0.2) is 0 Å². The van der Waals surface area contributed by atoms with Crippen LogP contribution in [0, 0.1) is 11.7 Å². The number of hydrogen-bond acceptors (Lipinski definition) is 5. The molecule has 0 saturated heterocycles. The fraction of sp³-hybridized carbons (Fsp3) is 0.200. The molecule has 0 aliphatic heterocycles. The summed E-state index contributed by atoms with van der Waals surface area (Å²) in [6, 6.07) is 3.99. The highest BCUT2D eigenvalue weighted by molar-refractivity contribution is 6.01. The van der Waals surface area contributed by atoms with Gasteiger partial charge in [-0.25, -0.2) is 14.4 Å². The molecule has 2 rings (SSSR count). The smallest absolute Gasteiger partial charge is 0.253 e. The lowest BCUT2D eigenvalue weighted by Crippen LogP contribution is -2.19. The van der Waals surface area contributed by atoms with Gasteiger partial charge in [-0.1, -0.05) is 13.8 Å². The highest BCUT2D eigenvalue weighted by atomic mass is 19.1. The number of rotatable bonds is 4. The Morgan fingerprint density at radius 3 is 2.57 bits per heavy atom. The van der Waals surface area contributed by atoms with E-state index in [1.807, 2.05) is 0 Å². The minimum atomic E-state index is -0.968. The average molecular weight is 317 g/mol. The molecule has 120 valence electrons. The molecular weight excluding hydrogens is 301 g/mol. The lowest BCUT2D eigenvalue weighted by molar-refractivity contribution is -0.118. The van der Waals surface area contributed by atoms with Crippen molar-refractivity contribution < 1.29 is 14.0 Å². The van der Waals surface area contributed by atoms with Gasteiger partial charge in [0.1, 0.15) is 5.82 Å². The number of nitrogens with one attached hydrogen (secondary N) is 1. The molecule has 0 saturated carbocycles. The average Bonchev–Trinajstić information content (AvgIpc) is 2.47. The second-order valence-corrected chi connectivity index (χ2v) is 5.16. The molecule has 0 unspecified atom stereocenters. The predicted molar refractivity (Wildman–Crippen MR) is 83.8 cm³/mol. The third kappa shape index (κ3) is 3.42. The van der Waals surface area contributed by atoms with Crippen LogP contribution in [0.1, 0.15) is 24.2 Å². The van der Waals surface area contributed by atoms with Crippen LogP contribution in [0.5, 0.6) is 0 Å². The highest BCUT2D eigenvalue weighted by Crippen LogP contribution is 2.29. The van der Waals surface area contributed by atoms with Crippen LogP contribution in [-0.4, -0.2) is 21.8 Å². The summed E-state index contributed by atoms with van der Waals surface area (Å²) in [4.78, 5) is 31.1. The summed E-state index contributed by atoms with van der Waals surface area (Å²) in [5.41, 5.74) is 11.1. The number of anilines is 2. The molecule has 2 amide bonds. The zero-order valence-corrected chi connectivity index (χ0v) is 12.6. The van der Waals surface area contributed by atoms with E-state index in [9.17, 15) is 14.0 Å². The fourth-order valence-corrected chi connectivity index (χ4v) is 1.89. The minimum absolute atomic E-state index is 0.0885. The van der Waals surface area contributed by atoms with E-state index in [0.717, 1.165) is 6.07 Å². The molecule has 1 heterocycles. The Bertz CT molecular complexity index is 776. The van der Waals surface area contributed by atoms with Crippen LogP contribution in [-0.2, 0) is 4.79 Å². The molecule has 0 aliphatic rings. The van der Waals surface area contributed by atoms with Gasteiger partial charge in [-0.05, 0) is 18.2 Å². The van der Waals surface area contributed by atoms with Crippen LogP contribution in [0.2, 0.25) is 0 Å². The Balaban J connectivity index is 2.46. The third-order valence-electron chi connectivity index (χ3n) is 3.13. The molecule has 0 fully saturated rings. The number of halogens is 1. The van der Waals surface area contributed by atoms with Crippen LogP contribution >= 0.6 is 0 Å². The lowest BCUT2D eigenvalue weighted by Gasteiger charge is -2.11. The zero-order chi connectivity index (χ0) is 17.1. The molecule has 1 aromatic carbocycles. The second kappa shape index (κ2) is 6.39. The maximum atomic E-state index is 13.7. The van der Waals surface area contributed by atoms with E-state index >= 15 is 0 Å². The van der Waals surface area contributed by atoms with Crippen LogP contribution in [0.25, 0.3) is 11.3 Å². The Morgan fingerprint density at radius 2 is 1.96 bits per heavy atom. The van der Waals surface area contributed by atoms with E-state index in [1.165, 1.54) is 18.3 Å². The van der Waals surface area contributed by atoms with Crippen molar-refractivity contribution >= 4 is 23.5 Å². The quantitative estimate of drug-likeness (QED) is 0.738. The van der Waals surface area contributed by atoms with Crippen LogP contribution in [0.4, 0.5) is 16.0 Å². The molecule has 0 aliphatic carbocycles. The van der Waals surface area contributed by atoms with Crippen LogP contribution in [0.3, 0.4) is 0 Å². The van der Waals surface area contributed by atoms with Crippen LogP contribution < -0.4 is 16.8 Å². The Labute approximate surface area is 131 Å². The minimum Gasteiger partial charge on any atom is -0.397 e. The van der Waals surface area contributed by atoms with Gasteiger partial charge < -0.3 is 11.5 Å². The molecule has 8 heteroatoms. The molecular formula is C15H16FN5O2. The number of nitrogens with two attached hydrogens (primary N) is 2. The van der Waals surface area contributed by atoms with E-state index < -0.39 is 17.3 Å². The summed E-state index contributed by atoms with van der Waals surface area (Å²) < 4.78 is 13.7. The topological polar surface area (TPSA) is 124 Å². The van der Waals surface area contributed by atoms with Crippen molar-refractivity contribution in [2.24, 2.45) is 11.7 Å². The van der Waals surface area contributed by atoms with Gasteiger partial charge >= 0.3 is 0 Å². The van der Waals surface area contributed by atoms with Gasteiger partial charge in [-0.2, -0.15) is 0 Å². The summed E-state index contributed by atoms with van der Waals surface area (Å²) in [6.45, 7) is 3.46. The monoisotopic (exact) mass is 317 g/mol. The summed E-state index contributed by atoms with van der Waals surface area (Å²) in [6.07, 6.45) is 1.42. The number of amides is 2. The summed E-state index contributed by atoms with van der Waals surface area (Å²) in [7, 11) is 0. The first-order valence-electron chi connectivity index (χ1n) is 6.83. The Morgan fingerprint density at radius 1 is 1.26 bits per heavy atom. The molecule has 1 aromatic heterocycles. The van der Waals surface area contributed by atoms with E-state index in [0.29, 0.717) is 11.3 Å². The van der Waals surface area contributed by atoms with E-state index in [1.54, 1.807) is 13.8 Å². The number of nitrogen functional groups attached to an aromatic ring is 1. The maximum Gasteiger partial charge on any atom is 0.253 e. The summed E-state index contributed by atoms with van der Waals surface area (Å²) in [5.74, 6) is -2.16. The van der Waals surface area contributed by atoms with Gasteiger partial charge in [0.2, 0.25) is 11.9 Å². The molecule has 0 radical (unpaired) electrons. The van der Waals surface area contributed by atoms with Gasteiger partial charge in [0, 0.05) is 17.7 Å². The number of benzene rings is 1. The molecule has 2 aromatic rings.